The Balaban J connectivity index is 2.74. The van der Waals surface area contributed by atoms with Gasteiger partial charge < -0.3 is 5.32 Å². The van der Waals surface area contributed by atoms with Gasteiger partial charge in [-0.3, -0.25) is 4.68 Å². The van der Waals surface area contributed by atoms with Crippen LogP contribution in [0.25, 0.3) is 0 Å². The number of aromatic nitrogens is 2. The maximum Gasteiger partial charge on any atom is 0.0537 e. The second kappa shape index (κ2) is 7.57. The van der Waals surface area contributed by atoms with Crippen LogP contribution in [0.2, 0.25) is 0 Å². The Morgan fingerprint density at radius 2 is 2.00 bits per heavy atom. The van der Waals surface area contributed by atoms with Crippen LogP contribution in [0.3, 0.4) is 0 Å². The van der Waals surface area contributed by atoms with Crippen molar-refractivity contribution in [2.45, 2.75) is 66.5 Å². The highest BCUT2D eigenvalue weighted by Gasteiger charge is 2.13. The average Bonchev–Trinajstić information content (AvgIpc) is 2.72. The zero-order valence-electron chi connectivity index (χ0n) is 12.7. The quantitative estimate of drug-likeness (QED) is 0.765. The molecule has 1 N–H and O–H groups in total. The van der Waals surface area contributed by atoms with Crippen LogP contribution in [-0.4, -0.2) is 16.3 Å². The van der Waals surface area contributed by atoms with Crippen LogP contribution >= 0.6 is 0 Å². The van der Waals surface area contributed by atoms with Crippen LogP contribution in [-0.2, 0) is 13.0 Å². The molecule has 3 heteroatoms. The molecule has 104 valence electrons. The summed E-state index contributed by atoms with van der Waals surface area (Å²) in [5.74, 6) is 0.698. The molecule has 0 saturated carbocycles. The predicted molar refractivity (Wildman–Crippen MR) is 77.8 cm³/mol. The summed E-state index contributed by atoms with van der Waals surface area (Å²) in [6.45, 7) is 13.2. The van der Waals surface area contributed by atoms with E-state index in [9.17, 15) is 0 Å². The molecule has 1 aromatic rings. The molecule has 0 aliphatic rings. The van der Waals surface area contributed by atoms with Crippen LogP contribution in [0.5, 0.6) is 0 Å². The zero-order valence-corrected chi connectivity index (χ0v) is 12.7. The minimum absolute atomic E-state index is 0.505. The van der Waals surface area contributed by atoms with Gasteiger partial charge in [0.15, 0.2) is 0 Å². The first kappa shape index (κ1) is 15.2. The van der Waals surface area contributed by atoms with Crippen molar-refractivity contribution in [2.24, 2.45) is 5.92 Å². The molecular formula is C15H29N3. The van der Waals surface area contributed by atoms with Gasteiger partial charge in [0.2, 0.25) is 0 Å². The van der Waals surface area contributed by atoms with E-state index in [1.165, 1.54) is 17.7 Å². The number of nitrogens with one attached hydrogen (secondary N) is 1. The highest BCUT2D eigenvalue weighted by molar-refractivity contribution is 5.18. The molecule has 0 bridgehead atoms. The first-order valence-electron chi connectivity index (χ1n) is 7.36. The molecule has 1 rings (SSSR count). The Labute approximate surface area is 112 Å². The van der Waals surface area contributed by atoms with Crippen molar-refractivity contribution in [3.8, 4) is 0 Å². The Hall–Kier alpha value is -0.830. The maximum absolute atomic E-state index is 4.58. The third-order valence-corrected chi connectivity index (χ3v) is 3.35. The van der Waals surface area contributed by atoms with Gasteiger partial charge in [-0.05, 0) is 32.2 Å². The van der Waals surface area contributed by atoms with Gasteiger partial charge in [0.05, 0.1) is 6.20 Å². The Morgan fingerprint density at radius 1 is 1.28 bits per heavy atom. The van der Waals surface area contributed by atoms with E-state index in [0.717, 1.165) is 25.9 Å². The number of rotatable bonds is 8. The van der Waals surface area contributed by atoms with Crippen LogP contribution in [0.15, 0.2) is 6.20 Å². The highest BCUT2D eigenvalue weighted by Crippen LogP contribution is 2.18. The van der Waals surface area contributed by atoms with E-state index in [1.807, 2.05) is 6.20 Å². The van der Waals surface area contributed by atoms with Gasteiger partial charge >= 0.3 is 0 Å². The summed E-state index contributed by atoms with van der Waals surface area (Å²) in [6, 6.07) is 0.505. The summed E-state index contributed by atoms with van der Waals surface area (Å²) in [4.78, 5) is 0. The molecule has 0 saturated heterocycles. The van der Waals surface area contributed by atoms with Gasteiger partial charge in [0, 0.05) is 23.8 Å². The Bertz CT molecular complexity index is 342. The lowest BCUT2D eigenvalue weighted by Gasteiger charge is -2.15. The molecular weight excluding hydrogens is 222 g/mol. The van der Waals surface area contributed by atoms with E-state index in [-0.39, 0.29) is 0 Å². The van der Waals surface area contributed by atoms with E-state index in [1.54, 1.807) is 0 Å². The number of hydrogen-bond acceptors (Lipinski definition) is 2. The molecule has 18 heavy (non-hydrogen) atoms. The third-order valence-electron chi connectivity index (χ3n) is 3.35. The van der Waals surface area contributed by atoms with Crippen molar-refractivity contribution in [3.05, 3.63) is 17.5 Å². The van der Waals surface area contributed by atoms with Gasteiger partial charge in [-0.2, -0.15) is 5.10 Å². The second-order valence-electron chi connectivity index (χ2n) is 5.59. The fraction of sp³-hybridized carbons (Fsp3) is 0.800. The largest absolute Gasteiger partial charge is 0.312 e. The summed E-state index contributed by atoms with van der Waals surface area (Å²) in [6.07, 6.45) is 5.49. The molecule has 1 heterocycles. The standard InChI is InChI=1S/C15H29N3/c1-6-8-15-14(10-16-9-12(3)4)11-17-18(15)13(5)7-2/h11-13,16H,6-10H2,1-5H3. The maximum atomic E-state index is 4.58. The summed E-state index contributed by atoms with van der Waals surface area (Å²) in [7, 11) is 0. The SMILES string of the molecule is CCCc1c(CNCC(C)C)cnn1C(C)CC. The summed E-state index contributed by atoms with van der Waals surface area (Å²) in [5.41, 5.74) is 2.79. The summed E-state index contributed by atoms with van der Waals surface area (Å²) < 4.78 is 2.22. The van der Waals surface area contributed by atoms with Gasteiger partial charge in [0.1, 0.15) is 0 Å². The molecule has 1 atom stereocenters. The van der Waals surface area contributed by atoms with Gasteiger partial charge in [-0.15, -0.1) is 0 Å². The number of nitrogens with zero attached hydrogens (tertiary/aromatic N) is 2. The molecule has 0 amide bonds. The van der Waals surface area contributed by atoms with Crippen LogP contribution in [0, 0.1) is 5.92 Å². The minimum atomic E-state index is 0.505. The average molecular weight is 251 g/mol. The van der Waals surface area contributed by atoms with Crippen molar-refractivity contribution in [3.63, 3.8) is 0 Å². The molecule has 3 nitrogen and oxygen atoms in total. The highest BCUT2D eigenvalue weighted by atomic mass is 15.3. The molecule has 0 aliphatic heterocycles. The van der Waals surface area contributed by atoms with Crippen LogP contribution < -0.4 is 5.32 Å². The van der Waals surface area contributed by atoms with Crippen LogP contribution in [0.4, 0.5) is 0 Å². The molecule has 0 fully saturated rings. The molecule has 1 aromatic heterocycles. The van der Waals surface area contributed by atoms with Crippen molar-refractivity contribution >= 4 is 0 Å². The molecule has 0 aromatic carbocycles. The van der Waals surface area contributed by atoms with Gasteiger partial charge in [0.25, 0.3) is 0 Å². The fourth-order valence-corrected chi connectivity index (χ4v) is 2.13. The lowest BCUT2D eigenvalue weighted by Crippen LogP contribution is -2.20. The van der Waals surface area contributed by atoms with Gasteiger partial charge in [-0.25, -0.2) is 0 Å². The predicted octanol–water partition coefficient (Wildman–Crippen LogP) is 3.55. The first-order valence-corrected chi connectivity index (χ1v) is 7.36. The lowest BCUT2D eigenvalue weighted by molar-refractivity contribution is 0.457. The van der Waals surface area contributed by atoms with Crippen molar-refractivity contribution in [2.75, 3.05) is 6.54 Å². The first-order chi connectivity index (χ1) is 8.60. The molecule has 0 spiro atoms. The monoisotopic (exact) mass is 251 g/mol. The van der Waals surface area contributed by atoms with E-state index in [0.29, 0.717) is 12.0 Å². The van der Waals surface area contributed by atoms with Crippen molar-refractivity contribution < 1.29 is 0 Å². The molecule has 0 aliphatic carbocycles. The second-order valence-corrected chi connectivity index (χ2v) is 5.59. The molecule has 1 unspecified atom stereocenters. The van der Waals surface area contributed by atoms with Crippen molar-refractivity contribution in [1.82, 2.24) is 15.1 Å². The van der Waals surface area contributed by atoms with E-state index in [2.05, 4.69) is 49.7 Å². The molecule has 0 radical (unpaired) electrons. The number of hydrogen-bond donors (Lipinski definition) is 1. The van der Waals surface area contributed by atoms with Crippen LogP contribution in [0.1, 0.15) is 64.8 Å². The van der Waals surface area contributed by atoms with Crippen molar-refractivity contribution in [1.29, 1.82) is 0 Å². The van der Waals surface area contributed by atoms with E-state index in [4.69, 9.17) is 0 Å². The Kier molecular flexibility index (Phi) is 6.41. The summed E-state index contributed by atoms with van der Waals surface area (Å²) >= 11 is 0. The minimum Gasteiger partial charge on any atom is -0.312 e. The normalized spacial score (nSPS) is 13.2. The summed E-state index contributed by atoms with van der Waals surface area (Å²) in [5, 5.41) is 8.10. The van der Waals surface area contributed by atoms with E-state index >= 15 is 0 Å². The Morgan fingerprint density at radius 3 is 2.56 bits per heavy atom. The smallest absolute Gasteiger partial charge is 0.0537 e. The zero-order chi connectivity index (χ0) is 13.5. The fourth-order valence-electron chi connectivity index (χ4n) is 2.13. The lowest BCUT2D eigenvalue weighted by atomic mass is 10.1. The topological polar surface area (TPSA) is 29.9 Å². The third kappa shape index (κ3) is 4.13. The van der Waals surface area contributed by atoms with E-state index < -0.39 is 0 Å². The van der Waals surface area contributed by atoms with Gasteiger partial charge in [-0.1, -0.05) is 34.1 Å².